The average molecular weight is 740 g/mol. The Morgan fingerprint density at radius 1 is 0.642 bits per heavy atom. The number of hydrogen-bond acceptors (Lipinski definition) is 7. The van der Waals surface area contributed by atoms with Crippen molar-refractivity contribution in [1.82, 2.24) is 46.5 Å². The zero-order valence-corrected chi connectivity index (χ0v) is 32.6. The molecule has 0 fully saturated rings. The molecule has 0 aliphatic heterocycles. The van der Waals surface area contributed by atoms with Gasteiger partial charge in [-0.2, -0.15) is 0 Å². The third-order valence-electron chi connectivity index (χ3n) is 9.13. The molecule has 5 amide bonds. The Morgan fingerprint density at radius 3 is 1.68 bits per heavy atom. The lowest BCUT2D eigenvalue weighted by Crippen LogP contribution is -2.59. The molecular weight excluding hydrogens is 674 g/mol. The number of aromatic nitrogens is 4. The number of nitrogens with zero attached hydrogens (tertiary/aromatic N) is 2. The van der Waals surface area contributed by atoms with E-state index in [1.165, 1.54) is 71.6 Å². The van der Waals surface area contributed by atoms with Crippen molar-refractivity contribution in [1.29, 1.82) is 0 Å². The number of amides is 5. The van der Waals surface area contributed by atoms with Crippen LogP contribution >= 0.6 is 0 Å². The predicted molar refractivity (Wildman–Crippen MR) is 206 cm³/mol. The van der Waals surface area contributed by atoms with Crippen LogP contribution in [0.2, 0.25) is 0 Å². The van der Waals surface area contributed by atoms with Crippen molar-refractivity contribution < 1.29 is 24.0 Å². The number of likely N-dealkylation sites (N-methyl/N-ethyl adjacent to an activating group) is 1. The number of carbonyl (C=O) groups excluding carboxylic acids is 5. The fourth-order valence-corrected chi connectivity index (χ4v) is 5.89. The van der Waals surface area contributed by atoms with Crippen LogP contribution in [0.1, 0.15) is 129 Å². The van der Waals surface area contributed by atoms with Gasteiger partial charge in [-0.05, 0) is 44.9 Å². The summed E-state index contributed by atoms with van der Waals surface area (Å²) in [6.07, 6.45) is 26.6. The van der Waals surface area contributed by atoms with E-state index in [4.69, 9.17) is 0 Å². The van der Waals surface area contributed by atoms with Gasteiger partial charge >= 0.3 is 0 Å². The summed E-state index contributed by atoms with van der Waals surface area (Å²) in [5.74, 6) is -2.66. The van der Waals surface area contributed by atoms with Gasteiger partial charge in [0.15, 0.2) is 0 Å². The molecule has 14 heteroatoms. The molecule has 2 aromatic heterocycles. The lowest BCUT2D eigenvalue weighted by molar-refractivity contribution is -0.135. The van der Waals surface area contributed by atoms with Crippen LogP contribution in [0.4, 0.5) is 0 Å². The van der Waals surface area contributed by atoms with Crippen molar-refractivity contribution in [2.75, 3.05) is 7.05 Å². The molecule has 2 heterocycles. The smallest absolute Gasteiger partial charge is 0.243 e. The minimum Gasteiger partial charge on any atom is -0.357 e. The fourth-order valence-electron chi connectivity index (χ4n) is 5.89. The Balaban J connectivity index is 1.82. The second kappa shape index (κ2) is 26.3. The van der Waals surface area contributed by atoms with Crippen molar-refractivity contribution in [3.63, 3.8) is 0 Å². The van der Waals surface area contributed by atoms with E-state index in [9.17, 15) is 24.0 Å². The average Bonchev–Trinajstić information content (AvgIpc) is 3.86. The summed E-state index contributed by atoms with van der Waals surface area (Å²) in [6, 6.07) is -3.88. The number of hydrogen-bond donors (Lipinski definition) is 7. The molecule has 2 aromatic rings. The van der Waals surface area contributed by atoms with E-state index < -0.39 is 47.8 Å². The topological polar surface area (TPSA) is 203 Å². The van der Waals surface area contributed by atoms with Gasteiger partial charge in [-0.3, -0.25) is 24.0 Å². The SMILES string of the molecule is CCCCCCCC/C=C\CCCCCCCC(=O)N[C@@H](Cc1c[nH]cn1)C(=O)N[C@@H](C)C(=O)N[C@H](C(=O)N[C@@H](Cc1c[nH]cn1)C(=O)NC)C(C)C. The van der Waals surface area contributed by atoms with Crippen molar-refractivity contribution >= 4 is 29.5 Å². The molecule has 7 N–H and O–H groups in total. The zero-order chi connectivity index (χ0) is 38.8. The highest BCUT2D eigenvalue weighted by molar-refractivity contribution is 5.95. The molecule has 0 aliphatic rings. The summed E-state index contributed by atoms with van der Waals surface area (Å²) in [4.78, 5) is 79.4. The van der Waals surface area contributed by atoms with E-state index in [0.717, 1.165) is 38.5 Å². The number of H-pyrrole nitrogens is 2. The molecule has 14 nitrogen and oxygen atoms in total. The summed E-state index contributed by atoms with van der Waals surface area (Å²) < 4.78 is 0. The molecule has 0 unspecified atom stereocenters. The molecule has 53 heavy (non-hydrogen) atoms. The Bertz CT molecular complexity index is 1360. The van der Waals surface area contributed by atoms with E-state index in [-0.39, 0.29) is 24.7 Å². The molecule has 296 valence electrons. The number of allylic oxidation sites excluding steroid dienone is 2. The molecule has 0 saturated carbocycles. The Morgan fingerprint density at radius 2 is 1.17 bits per heavy atom. The van der Waals surface area contributed by atoms with Gasteiger partial charge in [-0.15, -0.1) is 0 Å². The third kappa shape index (κ3) is 18.7. The van der Waals surface area contributed by atoms with Crippen LogP contribution in [0.25, 0.3) is 0 Å². The lowest BCUT2D eigenvalue weighted by Gasteiger charge is -2.26. The van der Waals surface area contributed by atoms with Crippen LogP contribution in [-0.2, 0) is 36.8 Å². The highest BCUT2D eigenvalue weighted by Crippen LogP contribution is 2.11. The Hall–Kier alpha value is -4.49. The summed E-state index contributed by atoms with van der Waals surface area (Å²) >= 11 is 0. The number of nitrogens with one attached hydrogen (secondary N) is 7. The monoisotopic (exact) mass is 740 g/mol. The van der Waals surface area contributed by atoms with Crippen LogP contribution in [-0.4, -0.2) is 80.7 Å². The largest absolute Gasteiger partial charge is 0.357 e. The molecule has 0 aliphatic carbocycles. The molecule has 0 spiro atoms. The van der Waals surface area contributed by atoms with Gasteiger partial charge < -0.3 is 36.6 Å². The molecule has 4 atom stereocenters. The van der Waals surface area contributed by atoms with E-state index in [0.29, 0.717) is 17.8 Å². The first-order chi connectivity index (χ1) is 25.5. The fraction of sp³-hybridized carbons (Fsp3) is 0.667. The van der Waals surface area contributed by atoms with Gasteiger partial charge in [0.05, 0.1) is 24.0 Å². The van der Waals surface area contributed by atoms with Gasteiger partial charge in [0.1, 0.15) is 24.2 Å². The second-order valence-corrected chi connectivity index (χ2v) is 14.1. The van der Waals surface area contributed by atoms with E-state index in [1.54, 1.807) is 26.2 Å². The number of rotatable bonds is 28. The number of carbonyl (C=O) groups is 5. The van der Waals surface area contributed by atoms with Crippen LogP contribution in [0.15, 0.2) is 37.2 Å². The lowest BCUT2D eigenvalue weighted by atomic mass is 10.0. The first kappa shape index (κ1) is 44.7. The normalized spacial score (nSPS) is 13.6. The van der Waals surface area contributed by atoms with Crippen molar-refractivity contribution in [2.45, 2.75) is 155 Å². The van der Waals surface area contributed by atoms with Crippen LogP contribution in [0.3, 0.4) is 0 Å². The Labute approximate surface area is 315 Å². The van der Waals surface area contributed by atoms with Crippen LogP contribution in [0, 0.1) is 5.92 Å². The first-order valence-electron chi connectivity index (χ1n) is 19.6. The van der Waals surface area contributed by atoms with Crippen molar-refractivity contribution in [3.05, 3.63) is 48.6 Å². The van der Waals surface area contributed by atoms with E-state index >= 15 is 0 Å². The predicted octanol–water partition coefficient (Wildman–Crippen LogP) is 4.32. The van der Waals surface area contributed by atoms with Gasteiger partial charge in [0, 0.05) is 38.7 Å². The van der Waals surface area contributed by atoms with Crippen molar-refractivity contribution in [2.24, 2.45) is 5.92 Å². The maximum Gasteiger partial charge on any atom is 0.243 e. The van der Waals surface area contributed by atoms with Gasteiger partial charge in [-0.1, -0.05) is 84.3 Å². The zero-order valence-electron chi connectivity index (χ0n) is 32.6. The molecule has 2 rings (SSSR count). The highest BCUT2D eigenvalue weighted by atomic mass is 16.2. The molecular formula is C39H65N9O5. The maximum atomic E-state index is 13.4. The number of imidazole rings is 2. The molecule has 0 radical (unpaired) electrons. The maximum absolute atomic E-state index is 13.4. The van der Waals surface area contributed by atoms with Gasteiger partial charge in [-0.25, -0.2) is 9.97 Å². The van der Waals surface area contributed by atoms with Crippen molar-refractivity contribution in [3.8, 4) is 0 Å². The van der Waals surface area contributed by atoms with E-state index in [1.807, 2.05) is 0 Å². The number of unbranched alkanes of at least 4 members (excludes halogenated alkanes) is 11. The quantitative estimate of drug-likeness (QED) is 0.0497. The second-order valence-electron chi connectivity index (χ2n) is 14.1. The molecule has 0 bridgehead atoms. The third-order valence-corrected chi connectivity index (χ3v) is 9.13. The minimum atomic E-state index is -1.03. The summed E-state index contributed by atoms with van der Waals surface area (Å²) in [5.41, 5.74) is 1.17. The summed E-state index contributed by atoms with van der Waals surface area (Å²) in [7, 11) is 1.47. The van der Waals surface area contributed by atoms with Gasteiger partial charge in [0.25, 0.3) is 0 Å². The summed E-state index contributed by atoms with van der Waals surface area (Å²) in [5, 5.41) is 13.5. The van der Waals surface area contributed by atoms with Crippen LogP contribution < -0.4 is 26.6 Å². The number of aromatic amines is 2. The van der Waals surface area contributed by atoms with E-state index in [2.05, 4.69) is 65.6 Å². The Kier molecular flexibility index (Phi) is 22.2. The molecule has 0 aromatic carbocycles. The molecule has 0 saturated heterocycles. The van der Waals surface area contributed by atoms with Gasteiger partial charge in [0.2, 0.25) is 29.5 Å². The summed E-state index contributed by atoms with van der Waals surface area (Å²) in [6.45, 7) is 7.28. The minimum absolute atomic E-state index is 0.135. The first-order valence-corrected chi connectivity index (χ1v) is 19.6. The highest BCUT2D eigenvalue weighted by Gasteiger charge is 2.31. The standard InChI is InChI=1S/C39H65N9O5/c1-6-7-8-9-10-11-12-13-14-15-16-17-18-19-20-21-34(49)46-33(23-31-25-42-27-44-31)38(52)45-29(4)36(50)48-35(28(2)3)39(53)47-32(37(51)40-5)22-30-24-41-26-43-30/h13-14,24-29,32-33,35H,6-12,15-23H2,1-5H3,(H,40,51)(H,41,43)(H,42,44)(H,45,52)(H,46,49)(H,47,53)(H,48,50)/b14-13-/t29-,32-,33-,35-/m0/s1. The van der Waals surface area contributed by atoms with Crippen LogP contribution in [0.5, 0.6) is 0 Å².